The summed E-state index contributed by atoms with van der Waals surface area (Å²) in [5, 5.41) is 0. The smallest absolute Gasteiger partial charge is 0.247 e. The van der Waals surface area contributed by atoms with E-state index in [-0.39, 0.29) is 16.5 Å². The molecule has 2 heterocycles. The molecule has 2 aromatic rings. The summed E-state index contributed by atoms with van der Waals surface area (Å²) in [5.74, 6) is 0. The summed E-state index contributed by atoms with van der Waals surface area (Å²) in [7, 11) is -3.59. The van der Waals surface area contributed by atoms with Gasteiger partial charge < -0.3 is 4.98 Å². The fraction of sp³-hybridized carbons (Fsp3) is 0.267. The highest BCUT2D eigenvalue weighted by Crippen LogP contribution is 2.35. The zero-order valence-electron chi connectivity index (χ0n) is 11.4. The summed E-state index contributed by atoms with van der Waals surface area (Å²) in [6.45, 7) is 0.501. The molecule has 110 valence electrons. The van der Waals surface area contributed by atoms with Crippen LogP contribution in [0.25, 0.3) is 0 Å². The Kier molecular flexibility index (Phi) is 3.65. The number of aromatic nitrogens is 1. The molecule has 1 aromatic carbocycles. The van der Waals surface area contributed by atoms with Crippen LogP contribution in [0.5, 0.6) is 0 Å². The highest BCUT2D eigenvalue weighted by atomic mass is 32.2. The lowest BCUT2D eigenvalue weighted by Gasteiger charge is -2.24. The number of hydrogen-bond donors (Lipinski definition) is 1. The van der Waals surface area contributed by atoms with Gasteiger partial charge in [-0.15, -0.1) is 0 Å². The van der Waals surface area contributed by atoms with Gasteiger partial charge in [0.1, 0.15) is 0 Å². The Hall–Kier alpha value is -1.92. The van der Waals surface area contributed by atoms with Gasteiger partial charge in [-0.2, -0.15) is 4.31 Å². The number of benzene rings is 1. The molecule has 1 aliphatic heterocycles. The van der Waals surface area contributed by atoms with Crippen LogP contribution in [0.15, 0.2) is 58.4 Å². The van der Waals surface area contributed by atoms with Crippen LogP contribution >= 0.6 is 0 Å². The average molecular weight is 304 g/mol. The van der Waals surface area contributed by atoms with Gasteiger partial charge in [0.15, 0.2) is 0 Å². The minimum atomic E-state index is -3.59. The Bertz CT molecular complexity index is 764. The SMILES string of the molecule is O=c1ccc(S(=O)(=O)N2CCCC2c2ccccc2)c[nH]1. The van der Waals surface area contributed by atoms with Crippen molar-refractivity contribution in [2.45, 2.75) is 23.8 Å². The molecule has 1 fully saturated rings. The minimum absolute atomic E-state index is 0.130. The molecule has 0 saturated carbocycles. The van der Waals surface area contributed by atoms with E-state index in [0.717, 1.165) is 18.4 Å². The van der Waals surface area contributed by atoms with Crippen molar-refractivity contribution in [3.8, 4) is 0 Å². The van der Waals surface area contributed by atoms with Crippen molar-refractivity contribution in [1.82, 2.24) is 9.29 Å². The molecule has 0 spiro atoms. The third-order valence-electron chi connectivity index (χ3n) is 3.75. The van der Waals surface area contributed by atoms with Crippen molar-refractivity contribution in [1.29, 1.82) is 0 Å². The number of sulfonamides is 1. The molecule has 1 N–H and O–H groups in total. The number of pyridine rings is 1. The lowest BCUT2D eigenvalue weighted by molar-refractivity contribution is 0.396. The van der Waals surface area contributed by atoms with Gasteiger partial charge in [-0.25, -0.2) is 8.42 Å². The molecule has 0 bridgehead atoms. The molecule has 21 heavy (non-hydrogen) atoms. The predicted molar refractivity (Wildman–Crippen MR) is 79.4 cm³/mol. The molecule has 5 nitrogen and oxygen atoms in total. The molecule has 1 atom stereocenters. The molecule has 1 aromatic heterocycles. The van der Waals surface area contributed by atoms with E-state index in [1.54, 1.807) is 0 Å². The number of aromatic amines is 1. The third kappa shape index (κ3) is 2.64. The molecule has 1 saturated heterocycles. The average Bonchev–Trinajstić information content (AvgIpc) is 2.99. The Balaban J connectivity index is 1.98. The molecule has 6 heteroatoms. The molecular weight excluding hydrogens is 288 g/mol. The quantitative estimate of drug-likeness (QED) is 0.941. The second-order valence-electron chi connectivity index (χ2n) is 5.07. The molecule has 1 unspecified atom stereocenters. The summed E-state index contributed by atoms with van der Waals surface area (Å²) in [6, 6.07) is 12.1. The fourth-order valence-corrected chi connectivity index (χ4v) is 4.38. The van der Waals surface area contributed by atoms with Gasteiger partial charge >= 0.3 is 0 Å². The highest BCUT2D eigenvalue weighted by molar-refractivity contribution is 7.89. The number of H-pyrrole nitrogens is 1. The summed E-state index contributed by atoms with van der Waals surface area (Å²) in [5.41, 5.74) is 0.693. The van der Waals surface area contributed by atoms with E-state index in [0.29, 0.717) is 6.54 Å². The van der Waals surface area contributed by atoms with E-state index in [2.05, 4.69) is 4.98 Å². The summed E-state index contributed by atoms with van der Waals surface area (Å²) in [4.78, 5) is 13.6. The van der Waals surface area contributed by atoms with E-state index in [1.807, 2.05) is 30.3 Å². The van der Waals surface area contributed by atoms with E-state index in [1.165, 1.54) is 22.6 Å². The van der Waals surface area contributed by atoms with Crippen LogP contribution in [0.2, 0.25) is 0 Å². The zero-order valence-corrected chi connectivity index (χ0v) is 12.2. The van der Waals surface area contributed by atoms with Gasteiger partial charge in [-0.05, 0) is 24.5 Å². The van der Waals surface area contributed by atoms with Crippen molar-refractivity contribution in [2.75, 3.05) is 6.54 Å². The van der Waals surface area contributed by atoms with Crippen molar-refractivity contribution in [3.63, 3.8) is 0 Å². The van der Waals surface area contributed by atoms with Gasteiger partial charge in [-0.3, -0.25) is 4.79 Å². The maximum absolute atomic E-state index is 12.7. The Labute approximate surface area is 123 Å². The van der Waals surface area contributed by atoms with E-state index in [9.17, 15) is 13.2 Å². The number of nitrogens with zero attached hydrogens (tertiary/aromatic N) is 1. The summed E-state index contributed by atoms with van der Waals surface area (Å²) >= 11 is 0. The van der Waals surface area contributed by atoms with Crippen LogP contribution in [-0.2, 0) is 10.0 Å². The van der Waals surface area contributed by atoms with Gasteiger partial charge in [0.2, 0.25) is 15.6 Å². The normalized spacial score (nSPS) is 19.7. The molecule has 0 amide bonds. The lowest BCUT2D eigenvalue weighted by atomic mass is 10.1. The molecule has 3 rings (SSSR count). The van der Waals surface area contributed by atoms with Crippen LogP contribution in [0.3, 0.4) is 0 Å². The minimum Gasteiger partial charge on any atom is -0.328 e. The topological polar surface area (TPSA) is 70.2 Å². The van der Waals surface area contributed by atoms with Crippen LogP contribution in [-0.4, -0.2) is 24.3 Å². The maximum Gasteiger partial charge on any atom is 0.247 e. The van der Waals surface area contributed by atoms with E-state index >= 15 is 0 Å². The van der Waals surface area contributed by atoms with E-state index in [4.69, 9.17) is 0 Å². The number of hydrogen-bond acceptors (Lipinski definition) is 3. The summed E-state index contributed by atoms with van der Waals surface area (Å²) in [6.07, 6.45) is 2.91. The predicted octanol–water partition coefficient (Wildman–Crippen LogP) is 1.90. The molecule has 0 aliphatic carbocycles. The standard InChI is InChI=1S/C15H16N2O3S/c18-15-9-8-13(11-16-15)21(19,20)17-10-4-7-14(17)12-5-2-1-3-6-12/h1-3,5-6,8-9,11,14H,4,7,10H2,(H,16,18). The van der Waals surface area contributed by atoms with Gasteiger partial charge in [0.05, 0.1) is 10.9 Å². The van der Waals surface area contributed by atoms with Crippen molar-refractivity contribution >= 4 is 10.0 Å². The number of nitrogens with one attached hydrogen (secondary N) is 1. The maximum atomic E-state index is 12.7. The fourth-order valence-electron chi connectivity index (χ4n) is 2.73. The number of rotatable bonds is 3. The first-order chi connectivity index (χ1) is 10.1. The van der Waals surface area contributed by atoms with Gasteiger partial charge in [0, 0.05) is 18.8 Å². The highest BCUT2D eigenvalue weighted by Gasteiger charge is 2.36. The Morgan fingerprint density at radius 1 is 1.10 bits per heavy atom. The first kappa shape index (κ1) is 14.0. The lowest BCUT2D eigenvalue weighted by Crippen LogP contribution is -2.31. The first-order valence-corrected chi connectivity index (χ1v) is 8.28. The zero-order chi connectivity index (χ0) is 14.9. The largest absolute Gasteiger partial charge is 0.328 e. The van der Waals surface area contributed by atoms with Gasteiger partial charge in [-0.1, -0.05) is 30.3 Å². The van der Waals surface area contributed by atoms with Crippen LogP contribution in [0.1, 0.15) is 24.4 Å². The third-order valence-corrected chi connectivity index (χ3v) is 5.65. The summed E-state index contributed by atoms with van der Waals surface area (Å²) < 4.78 is 27.0. The second kappa shape index (κ2) is 5.46. The van der Waals surface area contributed by atoms with Crippen LogP contribution in [0.4, 0.5) is 0 Å². The molecule has 0 radical (unpaired) electrons. The van der Waals surface area contributed by atoms with E-state index < -0.39 is 10.0 Å². The first-order valence-electron chi connectivity index (χ1n) is 6.84. The van der Waals surface area contributed by atoms with Crippen molar-refractivity contribution < 1.29 is 8.42 Å². The van der Waals surface area contributed by atoms with Crippen LogP contribution < -0.4 is 5.56 Å². The second-order valence-corrected chi connectivity index (χ2v) is 6.96. The monoisotopic (exact) mass is 304 g/mol. The van der Waals surface area contributed by atoms with Crippen molar-refractivity contribution in [3.05, 3.63) is 64.6 Å². The molecular formula is C15H16N2O3S. The van der Waals surface area contributed by atoms with Gasteiger partial charge in [0.25, 0.3) is 0 Å². The van der Waals surface area contributed by atoms with Crippen molar-refractivity contribution in [2.24, 2.45) is 0 Å². The Morgan fingerprint density at radius 2 is 1.86 bits per heavy atom. The van der Waals surface area contributed by atoms with Crippen LogP contribution in [0, 0.1) is 0 Å². The Morgan fingerprint density at radius 3 is 2.52 bits per heavy atom. The molecule has 1 aliphatic rings.